The average Bonchev–Trinajstić information content (AvgIpc) is 2.65. The van der Waals surface area contributed by atoms with Crippen LogP contribution in [-0.4, -0.2) is 39.4 Å². The molecular formula is C18H15BrN4O2. The van der Waals surface area contributed by atoms with E-state index in [1.54, 1.807) is 24.5 Å². The van der Waals surface area contributed by atoms with Crippen molar-refractivity contribution in [1.29, 1.82) is 0 Å². The van der Waals surface area contributed by atoms with Gasteiger partial charge in [0.15, 0.2) is 5.65 Å². The predicted octanol–water partition coefficient (Wildman–Crippen LogP) is 2.99. The first-order valence-electron chi connectivity index (χ1n) is 7.87. The molecule has 4 heterocycles. The van der Waals surface area contributed by atoms with Crippen LogP contribution in [0.5, 0.6) is 5.88 Å². The molecule has 3 aromatic rings. The van der Waals surface area contributed by atoms with Crippen LogP contribution >= 0.6 is 15.9 Å². The minimum Gasteiger partial charge on any atom is -0.481 e. The van der Waals surface area contributed by atoms with Gasteiger partial charge in [0.2, 0.25) is 5.88 Å². The third-order valence-corrected chi connectivity index (χ3v) is 4.69. The van der Waals surface area contributed by atoms with Crippen molar-refractivity contribution < 1.29 is 9.53 Å². The number of ether oxygens (including phenoxy) is 1. The van der Waals surface area contributed by atoms with Gasteiger partial charge in [-0.3, -0.25) is 4.79 Å². The second kappa shape index (κ2) is 6.40. The Morgan fingerprint density at radius 2 is 2.16 bits per heavy atom. The Morgan fingerprint density at radius 1 is 1.28 bits per heavy atom. The number of methoxy groups -OCH3 is 1. The van der Waals surface area contributed by atoms with E-state index in [2.05, 4.69) is 36.9 Å². The number of hydrogen-bond acceptors (Lipinski definition) is 5. The van der Waals surface area contributed by atoms with E-state index in [-0.39, 0.29) is 5.91 Å². The van der Waals surface area contributed by atoms with Gasteiger partial charge in [0.05, 0.1) is 7.11 Å². The van der Waals surface area contributed by atoms with Crippen LogP contribution in [0.2, 0.25) is 0 Å². The number of pyridine rings is 3. The zero-order valence-corrected chi connectivity index (χ0v) is 15.2. The molecule has 1 aliphatic rings. The number of hydrogen-bond donors (Lipinski definition) is 0. The van der Waals surface area contributed by atoms with Crippen LogP contribution in [0.4, 0.5) is 0 Å². The second-order valence-corrected chi connectivity index (χ2v) is 6.77. The highest BCUT2D eigenvalue weighted by atomic mass is 79.9. The zero-order chi connectivity index (χ0) is 17.4. The van der Waals surface area contributed by atoms with E-state index in [1.165, 1.54) is 7.11 Å². The molecule has 0 aromatic carbocycles. The molecule has 6 nitrogen and oxygen atoms in total. The van der Waals surface area contributed by atoms with Gasteiger partial charge >= 0.3 is 0 Å². The van der Waals surface area contributed by atoms with Gasteiger partial charge in [-0.2, -0.15) is 0 Å². The van der Waals surface area contributed by atoms with Crippen molar-refractivity contribution in [3.05, 3.63) is 58.0 Å². The standard InChI is InChI=1S/C18H15BrN4O2/c1-25-16-8-11(2-4-20-16)18(24)23-5-3-15-13(10-23)6-12-7-14(19)9-21-17(12)22-15/h2,4,6-9H,3,5,10H2,1H3. The van der Waals surface area contributed by atoms with Crippen LogP contribution < -0.4 is 4.74 Å². The predicted molar refractivity (Wildman–Crippen MR) is 96.5 cm³/mol. The van der Waals surface area contributed by atoms with Gasteiger partial charge in [0, 0.05) is 59.1 Å². The lowest BCUT2D eigenvalue weighted by Crippen LogP contribution is -2.36. The van der Waals surface area contributed by atoms with Crippen LogP contribution in [0.15, 0.2) is 41.1 Å². The number of carbonyl (C=O) groups excluding carboxylic acids is 1. The maximum atomic E-state index is 12.8. The zero-order valence-electron chi connectivity index (χ0n) is 13.6. The first kappa shape index (κ1) is 16.0. The summed E-state index contributed by atoms with van der Waals surface area (Å²) in [6.07, 6.45) is 4.05. The summed E-state index contributed by atoms with van der Waals surface area (Å²) in [7, 11) is 1.54. The van der Waals surface area contributed by atoms with E-state index in [4.69, 9.17) is 4.74 Å². The fraction of sp³-hybridized carbons (Fsp3) is 0.222. The Hall–Kier alpha value is -2.54. The summed E-state index contributed by atoms with van der Waals surface area (Å²) in [6.45, 7) is 1.17. The number of halogens is 1. The molecule has 3 aromatic heterocycles. The molecule has 0 radical (unpaired) electrons. The van der Waals surface area contributed by atoms with Gasteiger partial charge in [-0.1, -0.05) is 0 Å². The Morgan fingerprint density at radius 3 is 3.00 bits per heavy atom. The minimum atomic E-state index is -0.0289. The number of fused-ring (bicyclic) bond motifs is 2. The molecule has 0 saturated heterocycles. The molecule has 0 fully saturated rings. The number of nitrogens with zero attached hydrogens (tertiary/aromatic N) is 4. The van der Waals surface area contributed by atoms with Gasteiger partial charge in [0.1, 0.15) is 0 Å². The summed E-state index contributed by atoms with van der Waals surface area (Å²) in [4.78, 5) is 27.7. The van der Waals surface area contributed by atoms with Crippen molar-refractivity contribution in [2.24, 2.45) is 0 Å². The minimum absolute atomic E-state index is 0.0289. The monoisotopic (exact) mass is 398 g/mol. The van der Waals surface area contributed by atoms with Crippen LogP contribution in [0.3, 0.4) is 0 Å². The lowest BCUT2D eigenvalue weighted by atomic mass is 10.0. The quantitative estimate of drug-likeness (QED) is 0.663. The van der Waals surface area contributed by atoms with Gasteiger partial charge in [-0.15, -0.1) is 0 Å². The van der Waals surface area contributed by atoms with E-state index in [9.17, 15) is 4.79 Å². The number of carbonyl (C=O) groups is 1. The van der Waals surface area contributed by atoms with Gasteiger partial charge in [-0.25, -0.2) is 15.0 Å². The van der Waals surface area contributed by atoms with Crippen LogP contribution in [0.25, 0.3) is 11.0 Å². The first-order valence-corrected chi connectivity index (χ1v) is 8.67. The van der Waals surface area contributed by atoms with Gasteiger partial charge < -0.3 is 9.64 Å². The molecule has 4 rings (SSSR count). The molecule has 0 saturated carbocycles. The fourth-order valence-electron chi connectivity index (χ4n) is 3.01. The second-order valence-electron chi connectivity index (χ2n) is 5.86. The molecule has 0 unspecified atom stereocenters. The maximum Gasteiger partial charge on any atom is 0.254 e. The van der Waals surface area contributed by atoms with E-state index >= 15 is 0 Å². The summed E-state index contributed by atoms with van der Waals surface area (Å²) in [5.41, 5.74) is 3.39. The highest BCUT2D eigenvalue weighted by Crippen LogP contribution is 2.24. The molecule has 25 heavy (non-hydrogen) atoms. The summed E-state index contributed by atoms with van der Waals surface area (Å²) < 4.78 is 6.02. The van der Waals surface area contributed by atoms with Crippen LogP contribution in [0, 0.1) is 0 Å². The molecule has 0 bridgehead atoms. The highest BCUT2D eigenvalue weighted by molar-refractivity contribution is 9.10. The summed E-state index contributed by atoms with van der Waals surface area (Å²) in [6, 6.07) is 7.43. The third-order valence-electron chi connectivity index (χ3n) is 4.26. The van der Waals surface area contributed by atoms with Crippen molar-refractivity contribution in [3.63, 3.8) is 0 Å². The highest BCUT2D eigenvalue weighted by Gasteiger charge is 2.23. The lowest BCUT2D eigenvalue weighted by molar-refractivity contribution is 0.0733. The van der Waals surface area contributed by atoms with E-state index in [0.717, 1.165) is 33.2 Å². The van der Waals surface area contributed by atoms with Crippen molar-refractivity contribution in [3.8, 4) is 5.88 Å². The Labute approximate surface area is 153 Å². The Kier molecular flexibility index (Phi) is 4.09. The van der Waals surface area contributed by atoms with Crippen molar-refractivity contribution in [2.75, 3.05) is 13.7 Å². The normalized spacial score (nSPS) is 13.6. The SMILES string of the molecule is COc1cc(C(=O)N2CCc3nc4ncc(Br)cc4cc3C2)ccn1. The Balaban J connectivity index is 1.64. The summed E-state index contributed by atoms with van der Waals surface area (Å²) in [5, 5.41) is 0.966. The molecule has 126 valence electrons. The molecule has 0 N–H and O–H groups in total. The molecule has 0 aliphatic carbocycles. The largest absolute Gasteiger partial charge is 0.481 e. The van der Waals surface area contributed by atoms with E-state index in [1.807, 2.05) is 11.0 Å². The lowest BCUT2D eigenvalue weighted by Gasteiger charge is -2.28. The van der Waals surface area contributed by atoms with Crippen LogP contribution in [0.1, 0.15) is 21.6 Å². The van der Waals surface area contributed by atoms with Crippen LogP contribution in [-0.2, 0) is 13.0 Å². The van der Waals surface area contributed by atoms with E-state index in [0.29, 0.717) is 24.5 Å². The number of amides is 1. The van der Waals surface area contributed by atoms with Crippen molar-refractivity contribution in [1.82, 2.24) is 19.9 Å². The van der Waals surface area contributed by atoms with Crippen molar-refractivity contribution >= 4 is 32.9 Å². The maximum absolute atomic E-state index is 12.8. The molecule has 1 aliphatic heterocycles. The molecule has 1 amide bonds. The molecule has 0 atom stereocenters. The van der Waals surface area contributed by atoms with E-state index < -0.39 is 0 Å². The summed E-state index contributed by atoms with van der Waals surface area (Å²) in [5.74, 6) is 0.408. The molecular weight excluding hydrogens is 384 g/mol. The Bertz CT molecular complexity index is 976. The number of rotatable bonds is 2. The molecule has 0 spiro atoms. The van der Waals surface area contributed by atoms with Gasteiger partial charge in [-0.05, 0) is 39.7 Å². The summed E-state index contributed by atoms with van der Waals surface area (Å²) >= 11 is 3.44. The topological polar surface area (TPSA) is 68.2 Å². The van der Waals surface area contributed by atoms with Crippen molar-refractivity contribution in [2.45, 2.75) is 13.0 Å². The number of aromatic nitrogens is 3. The smallest absolute Gasteiger partial charge is 0.254 e. The first-order chi connectivity index (χ1) is 12.1. The van der Waals surface area contributed by atoms with Gasteiger partial charge in [0.25, 0.3) is 5.91 Å². The fourth-order valence-corrected chi connectivity index (χ4v) is 3.36. The third kappa shape index (κ3) is 3.07. The average molecular weight is 399 g/mol. The molecule has 7 heteroatoms.